The fourth-order valence-corrected chi connectivity index (χ4v) is 2.85. The van der Waals surface area contributed by atoms with Gasteiger partial charge in [0.2, 0.25) is 5.91 Å². The van der Waals surface area contributed by atoms with Gasteiger partial charge in [0.25, 0.3) is 5.91 Å². The van der Waals surface area contributed by atoms with Crippen LogP contribution < -0.4 is 26.0 Å². The van der Waals surface area contributed by atoms with Crippen LogP contribution in [0.2, 0.25) is 0 Å². The molecule has 0 saturated carbocycles. The first-order chi connectivity index (χ1) is 15.2. The molecule has 0 saturated heterocycles. The fourth-order valence-electron chi connectivity index (χ4n) is 2.85. The summed E-state index contributed by atoms with van der Waals surface area (Å²) in [4.78, 5) is 36.7. The van der Waals surface area contributed by atoms with Gasteiger partial charge >= 0.3 is 6.03 Å². The fraction of sp³-hybridized carbons (Fsp3) is 0.375. The lowest BCUT2D eigenvalue weighted by molar-refractivity contribution is -0.131. The van der Waals surface area contributed by atoms with Crippen molar-refractivity contribution in [3.8, 4) is 5.75 Å². The molecule has 0 fully saturated rings. The number of rotatable bonds is 10. The van der Waals surface area contributed by atoms with Crippen molar-refractivity contribution in [2.45, 2.75) is 46.3 Å². The van der Waals surface area contributed by atoms with E-state index in [2.05, 4.69) is 21.3 Å². The van der Waals surface area contributed by atoms with E-state index in [1.54, 1.807) is 24.3 Å². The Labute approximate surface area is 189 Å². The van der Waals surface area contributed by atoms with Crippen molar-refractivity contribution in [1.82, 2.24) is 16.0 Å². The van der Waals surface area contributed by atoms with Crippen molar-refractivity contribution in [2.75, 3.05) is 11.9 Å². The van der Waals surface area contributed by atoms with Crippen LogP contribution in [-0.4, -0.2) is 36.5 Å². The first kappa shape index (κ1) is 24.7. The summed E-state index contributed by atoms with van der Waals surface area (Å²) in [5.41, 5.74) is 1.53. The summed E-state index contributed by atoms with van der Waals surface area (Å²) in [6.07, 6.45) is 0. The lowest BCUT2D eigenvalue weighted by atomic mass is 10.0. The number of ether oxygens (including phenoxy) is 1. The number of hydrogen-bond donors (Lipinski definition) is 4. The molecule has 0 radical (unpaired) electrons. The zero-order chi connectivity index (χ0) is 23.5. The molecule has 172 valence electrons. The zero-order valence-electron chi connectivity index (χ0n) is 19.0. The van der Waals surface area contributed by atoms with Crippen LogP contribution in [0.4, 0.5) is 10.5 Å². The number of carbonyl (C=O) groups excluding carboxylic acids is 3. The van der Waals surface area contributed by atoms with Gasteiger partial charge in [-0.2, -0.15) is 0 Å². The Bertz CT molecular complexity index is 883. The number of para-hydroxylation sites is 1. The summed E-state index contributed by atoms with van der Waals surface area (Å²) in [5.74, 6) is -0.140. The predicted molar refractivity (Wildman–Crippen MR) is 124 cm³/mol. The van der Waals surface area contributed by atoms with E-state index in [1.807, 2.05) is 58.0 Å². The van der Waals surface area contributed by atoms with Gasteiger partial charge < -0.3 is 26.0 Å². The first-order valence-corrected chi connectivity index (χ1v) is 10.7. The third-order valence-corrected chi connectivity index (χ3v) is 4.48. The molecule has 8 heteroatoms. The number of amides is 4. The van der Waals surface area contributed by atoms with E-state index in [4.69, 9.17) is 4.74 Å². The van der Waals surface area contributed by atoms with Crippen LogP contribution in [0.3, 0.4) is 0 Å². The minimum Gasteiger partial charge on any atom is -0.484 e. The number of anilines is 1. The van der Waals surface area contributed by atoms with Gasteiger partial charge in [-0.05, 0) is 49.6 Å². The van der Waals surface area contributed by atoms with Crippen molar-refractivity contribution in [3.05, 3.63) is 60.2 Å². The molecule has 4 amide bonds. The van der Waals surface area contributed by atoms with E-state index < -0.39 is 6.04 Å². The van der Waals surface area contributed by atoms with Gasteiger partial charge in [0, 0.05) is 18.3 Å². The van der Waals surface area contributed by atoms with Crippen LogP contribution in [0.15, 0.2) is 54.6 Å². The van der Waals surface area contributed by atoms with E-state index >= 15 is 0 Å². The molecule has 2 aromatic rings. The van der Waals surface area contributed by atoms with Gasteiger partial charge in [0.1, 0.15) is 11.8 Å². The summed E-state index contributed by atoms with van der Waals surface area (Å²) >= 11 is 0. The predicted octanol–water partition coefficient (Wildman–Crippen LogP) is 3.05. The molecule has 1 unspecified atom stereocenters. The molecule has 2 rings (SSSR count). The Morgan fingerprint density at radius 3 is 2.12 bits per heavy atom. The molecule has 8 nitrogen and oxygen atoms in total. The Morgan fingerprint density at radius 2 is 1.53 bits per heavy atom. The molecule has 0 aliphatic carbocycles. The van der Waals surface area contributed by atoms with E-state index in [9.17, 15) is 14.4 Å². The summed E-state index contributed by atoms with van der Waals surface area (Å²) in [7, 11) is 0. The van der Waals surface area contributed by atoms with E-state index in [0.29, 0.717) is 18.0 Å². The average molecular weight is 441 g/mol. The van der Waals surface area contributed by atoms with Gasteiger partial charge in [0.15, 0.2) is 6.61 Å². The number of nitrogens with one attached hydrogen (secondary N) is 4. The Balaban J connectivity index is 1.83. The second-order valence-corrected chi connectivity index (χ2v) is 8.06. The summed E-state index contributed by atoms with van der Waals surface area (Å²) in [6.45, 7) is 7.63. The van der Waals surface area contributed by atoms with E-state index in [1.165, 1.54) is 0 Å². The Kier molecular flexibility index (Phi) is 9.53. The molecular formula is C24H32N4O4. The minimum atomic E-state index is -0.678. The average Bonchev–Trinajstić information content (AvgIpc) is 2.75. The van der Waals surface area contributed by atoms with Crippen molar-refractivity contribution >= 4 is 23.5 Å². The molecule has 0 aromatic heterocycles. The number of benzene rings is 2. The van der Waals surface area contributed by atoms with E-state index in [-0.39, 0.29) is 36.4 Å². The number of carbonyl (C=O) groups is 3. The van der Waals surface area contributed by atoms with Crippen molar-refractivity contribution in [1.29, 1.82) is 0 Å². The first-order valence-electron chi connectivity index (χ1n) is 10.7. The zero-order valence-corrected chi connectivity index (χ0v) is 19.0. The number of hydrogen-bond acceptors (Lipinski definition) is 4. The lowest BCUT2D eigenvalue weighted by Gasteiger charge is -2.22. The molecule has 0 bridgehead atoms. The SMILES string of the molecule is CC(C)NC(=O)Nc1ccc(CNC(=O)C(NC(=O)COc2ccccc2)C(C)C)cc1. The van der Waals surface area contributed by atoms with Crippen LogP contribution in [0.1, 0.15) is 33.3 Å². The van der Waals surface area contributed by atoms with Crippen LogP contribution in [0, 0.1) is 5.92 Å². The van der Waals surface area contributed by atoms with Crippen LogP contribution in [0.25, 0.3) is 0 Å². The van der Waals surface area contributed by atoms with Crippen molar-refractivity contribution in [3.63, 3.8) is 0 Å². The topological polar surface area (TPSA) is 109 Å². The van der Waals surface area contributed by atoms with Gasteiger partial charge in [-0.15, -0.1) is 0 Å². The van der Waals surface area contributed by atoms with Crippen molar-refractivity contribution in [2.24, 2.45) is 5.92 Å². The molecule has 0 aliphatic rings. The molecule has 4 N–H and O–H groups in total. The lowest BCUT2D eigenvalue weighted by Crippen LogP contribution is -2.50. The molecular weight excluding hydrogens is 408 g/mol. The third-order valence-electron chi connectivity index (χ3n) is 4.48. The van der Waals surface area contributed by atoms with Gasteiger partial charge in [-0.25, -0.2) is 4.79 Å². The van der Waals surface area contributed by atoms with Gasteiger partial charge in [0.05, 0.1) is 0 Å². The standard InChI is InChI=1S/C24H32N4O4/c1-16(2)22(28-21(29)15-32-20-8-6-5-7-9-20)23(30)25-14-18-10-12-19(13-11-18)27-24(31)26-17(3)4/h5-13,16-17,22H,14-15H2,1-4H3,(H,25,30)(H,28,29)(H2,26,27,31). The third kappa shape index (κ3) is 8.67. The van der Waals surface area contributed by atoms with E-state index in [0.717, 1.165) is 5.56 Å². The monoisotopic (exact) mass is 440 g/mol. The highest BCUT2D eigenvalue weighted by atomic mass is 16.5. The smallest absolute Gasteiger partial charge is 0.319 e. The van der Waals surface area contributed by atoms with Gasteiger partial charge in [-0.3, -0.25) is 9.59 Å². The second-order valence-electron chi connectivity index (χ2n) is 8.06. The van der Waals surface area contributed by atoms with Crippen LogP contribution in [-0.2, 0) is 16.1 Å². The molecule has 2 aromatic carbocycles. The molecule has 0 aliphatic heterocycles. The largest absolute Gasteiger partial charge is 0.484 e. The minimum absolute atomic E-state index is 0.0452. The quantitative estimate of drug-likeness (QED) is 0.455. The van der Waals surface area contributed by atoms with Crippen LogP contribution in [0.5, 0.6) is 5.75 Å². The highest BCUT2D eigenvalue weighted by molar-refractivity contribution is 5.89. The highest BCUT2D eigenvalue weighted by Gasteiger charge is 2.24. The van der Waals surface area contributed by atoms with Crippen molar-refractivity contribution < 1.29 is 19.1 Å². The maximum absolute atomic E-state index is 12.7. The van der Waals surface area contributed by atoms with Crippen LogP contribution >= 0.6 is 0 Å². The molecule has 0 spiro atoms. The maximum atomic E-state index is 12.7. The Morgan fingerprint density at radius 1 is 0.875 bits per heavy atom. The second kappa shape index (κ2) is 12.3. The maximum Gasteiger partial charge on any atom is 0.319 e. The summed E-state index contributed by atoms with van der Waals surface area (Å²) < 4.78 is 5.44. The normalized spacial score (nSPS) is 11.6. The molecule has 32 heavy (non-hydrogen) atoms. The molecule has 1 atom stereocenters. The van der Waals surface area contributed by atoms with Gasteiger partial charge in [-0.1, -0.05) is 44.2 Å². The molecule has 0 heterocycles. The Hall–Kier alpha value is -3.55. The summed E-state index contributed by atoms with van der Waals surface area (Å²) in [6, 6.07) is 15.3. The summed E-state index contributed by atoms with van der Waals surface area (Å²) in [5, 5.41) is 11.1. The highest BCUT2D eigenvalue weighted by Crippen LogP contribution is 2.11. The number of urea groups is 1.